The van der Waals surface area contributed by atoms with Crippen LogP contribution in [0.25, 0.3) is 0 Å². The Bertz CT molecular complexity index is 755. The zero-order valence-electron chi connectivity index (χ0n) is 16.5. The Kier molecular flexibility index (Phi) is 5.94. The van der Waals surface area contributed by atoms with Gasteiger partial charge in [-0.1, -0.05) is 11.6 Å². The lowest BCUT2D eigenvalue weighted by Crippen LogP contribution is -2.45. The highest BCUT2D eigenvalue weighted by Crippen LogP contribution is 2.36. The van der Waals surface area contributed by atoms with Crippen molar-refractivity contribution in [2.24, 2.45) is 5.92 Å². The number of nitrogens with zero attached hydrogens (tertiary/aromatic N) is 1. The Morgan fingerprint density at radius 2 is 2.10 bits per heavy atom. The van der Waals surface area contributed by atoms with Crippen molar-refractivity contribution < 1.29 is 14.3 Å². The normalized spacial score (nSPS) is 30.0. The van der Waals surface area contributed by atoms with Crippen LogP contribution in [0.4, 0.5) is 4.79 Å². The predicted octanol–water partition coefficient (Wildman–Crippen LogP) is 2.03. The molecule has 8 nitrogen and oxygen atoms in total. The third-order valence-electron chi connectivity index (χ3n) is 6.07. The first-order valence-corrected chi connectivity index (χ1v) is 10.7. The van der Waals surface area contributed by atoms with Crippen LogP contribution in [0.15, 0.2) is 18.3 Å². The number of carbonyl (C=O) groups excluding carboxylic acids is 2. The first-order chi connectivity index (χ1) is 13.9. The summed E-state index contributed by atoms with van der Waals surface area (Å²) in [6.07, 6.45) is 6.87. The van der Waals surface area contributed by atoms with Gasteiger partial charge < -0.3 is 15.4 Å². The van der Waals surface area contributed by atoms with Crippen LogP contribution in [0.3, 0.4) is 0 Å². The van der Waals surface area contributed by atoms with Crippen LogP contribution in [0.1, 0.15) is 51.1 Å². The fourth-order valence-electron chi connectivity index (χ4n) is 4.09. The quantitative estimate of drug-likeness (QED) is 0.560. The van der Waals surface area contributed by atoms with Crippen molar-refractivity contribution in [3.8, 4) is 0 Å². The van der Waals surface area contributed by atoms with Gasteiger partial charge in [-0.2, -0.15) is 0 Å². The number of carbonyl (C=O) groups is 2. The summed E-state index contributed by atoms with van der Waals surface area (Å²) in [5, 5.41) is 6.49. The highest BCUT2D eigenvalue weighted by molar-refractivity contribution is 6.30. The van der Waals surface area contributed by atoms with Crippen LogP contribution in [0.2, 0.25) is 5.02 Å². The molecule has 3 fully saturated rings. The molecule has 9 heteroatoms. The standard InChI is InChI=1S/C20H28ClN5O3/c1-20(6-7-20)24-19(28)29-15-5-2-12(8-15)16-10-17(26-25-16)23-18(27)9-14-4-3-13(21)11-22-14/h3-4,11-12,15-17,25-26H,2,5-10H2,1H3,(H,23,27)(H,24,28)/t12-,15+,16?,17?/m0/s1. The number of alkyl carbamates (subject to hydrolysis) is 1. The molecule has 1 aliphatic heterocycles. The lowest BCUT2D eigenvalue weighted by Gasteiger charge is -2.19. The molecule has 0 bridgehead atoms. The van der Waals surface area contributed by atoms with Gasteiger partial charge in [0.05, 0.1) is 17.6 Å². The van der Waals surface area contributed by atoms with Crippen LogP contribution >= 0.6 is 11.6 Å². The highest BCUT2D eigenvalue weighted by atomic mass is 35.5. The lowest BCUT2D eigenvalue weighted by atomic mass is 9.96. The number of halogens is 1. The molecule has 4 N–H and O–H groups in total. The van der Waals surface area contributed by atoms with Crippen LogP contribution in [0.5, 0.6) is 0 Å². The molecule has 3 aliphatic rings. The minimum absolute atomic E-state index is 0.0335. The number of rotatable bonds is 6. The Hall–Kier alpha value is -1.90. The predicted molar refractivity (Wildman–Crippen MR) is 108 cm³/mol. The zero-order chi connectivity index (χ0) is 20.4. The van der Waals surface area contributed by atoms with E-state index in [9.17, 15) is 9.59 Å². The number of hydrogen-bond acceptors (Lipinski definition) is 6. The number of amides is 2. The maximum absolute atomic E-state index is 12.3. The number of aromatic nitrogens is 1. The van der Waals surface area contributed by atoms with E-state index in [1.165, 1.54) is 0 Å². The van der Waals surface area contributed by atoms with Crippen molar-refractivity contribution in [3.05, 3.63) is 29.0 Å². The van der Waals surface area contributed by atoms with E-state index < -0.39 is 0 Å². The Balaban J connectivity index is 1.18. The van der Waals surface area contributed by atoms with E-state index >= 15 is 0 Å². The van der Waals surface area contributed by atoms with E-state index in [1.54, 1.807) is 18.3 Å². The summed E-state index contributed by atoms with van der Waals surface area (Å²) in [6.45, 7) is 2.04. The van der Waals surface area contributed by atoms with Gasteiger partial charge >= 0.3 is 6.09 Å². The van der Waals surface area contributed by atoms with Gasteiger partial charge in [-0.3, -0.25) is 15.2 Å². The molecule has 4 atom stereocenters. The first-order valence-electron chi connectivity index (χ1n) is 10.3. The summed E-state index contributed by atoms with van der Waals surface area (Å²) < 4.78 is 5.60. The van der Waals surface area contributed by atoms with E-state index in [-0.39, 0.29) is 42.3 Å². The van der Waals surface area contributed by atoms with Crippen LogP contribution < -0.4 is 21.5 Å². The van der Waals surface area contributed by atoms with Gasteiger partial charge in [0.25, 0.3) is 0 Å². The van der Waals surface area contributed by atoms with Crippen molar-refractivity contribution in [2.45, 2.75) is 75.7 Å². The second kappa shape index (κ2) is 8.45. The molecular weight excluding hydrogens is 394 g/mol. The zero-order valence-corrected chi connectivity index (χ0v) is 17.3. The maximum Gasteiger partial charge on any atom is 0.407 e. The van der Waals surface area contributed by atoms with E-state index in [0.29, 0.717) is 16.6 Å². The van der Waals surface area contributed by atoms with E-state index in [4.69, 9.17) is 16.3 Å². The molecule has 2 amide bonds. The topological polar surface area (TPSA) is 104 Å². The van der Waals surface area contributed by atoms with Gasteiger partial charge in [0, 0.05) is 23.5 Å². The maximum atomic E-state index is 12.3. The summed E-state index contributed by atoms with van der Waals surface area (Å²) in [4.78, 5) is 28.4. The molecule has 0 aromatic carbocycles. The molecular formula is C20H28ClN5O3. The van der Waals surface area contributed by atoms with E-state index in [2.05, 4.69) is 26.5 Å². The summed E-state index contributed by atoms with van der Waals surface area (Å²) in [5.74, 6) is 0.328. The van der Waals surface area contributed by atoms with Gasteiger partial charge in [0.1, 0.15) is 6.10 Å². The van der Waals surface area contributed by atoms with Crippen LogP contribution in [0, 0.1) is 5.92 Å². The fraction of sp³-hybridized carbons (Fsp3) is 0.650. The third kappa shape index (κ3) is 5.58. The number of hydrazine groups is 1. The molecule has 2 unspecified atom stereocenters. The second-order valence-electron chi connectivity index (χ2n) is 8.68. The summed E-state index contributed by atoms with van der Waals surface area (Å²) >= 11 is 5.82. The van der Waals surface area contributed by atoms with Crippen molar-refractivity contribution in [2.75, 3.05) is 0 Å². The molecule has 1 aromatic rings. The molecule has 0 radical (unpaired) electrons. The Morgan fingerprint density at radius 3 is 2.83 bits per heavy atom. The lowest BCUT2D eigenvalue weighted by molar-refractivity contribution is -0.121. The SMILES string of the molecule is CC1(NC(=O)O[C@@H]2CC[C@H](C3CC(NC(=O)Cc4ccc(Cl)cn4)NN3)C2)CC1. The van der Waals surface area contributed by atoms with Crippen LogP contribution in [-0.4, -0.2) is 40.8 Å². The minimum atomic E-state index is -0.297. The van der Waals surface area contributed by atoms with Crippen molar-refractivity contribution >= 4 is 23.6 Å². The van der Waals surface area contributed by atoms with Crippen LogP contribution in [-0.2, 0) is 16.0 Å². The van der Waals surface area contributed by atoms with Gasteiger partial charge in [0.15, 0.2) is 0 Å². The minimum Gasteiger partial charge on any atom is -0.446 e. The van der Waals surface area contributed by atoms with Gasteiger partial charge in [-0.05, 0) is 63.5 Å². The average molecular weight is 422 g/mol. The largest absolute Gasteiger partial charge is 0.446 e. The molecule has 1 saturated heterocycles. The van der Waals surface area contributed by atoms with Crippen molar-refractivity contribution in [1.82, 2.24) is 26.5 Å². The molecule has 2 heterocycles. The fourth-order valence-corrected chi connectivity index (χ4v) is 4.20. The first kappa shape index (κ1) is 20.4. The third-order valence-corrected chi connectivity index (χ3v) is 6.29. The molecule has 2 aliphatic carbocycles. The van der Waals surface area contributed by atoms with Crippen molar-refractivity contribution in [3.63, 3.8) is 0 Å². The summed E-state index contributed by atoms with van der Waals surface area (Å²) in [7, 11) is 0. The van der Waals surface area contributed by atoms with Crippen molar-refractivity contribution in [1.29, 1.82) is 0 Å². The summed E-state index contributed by atoms with van der Waals surface area (Å²) in [5.41, 5.74) is 7.08. The molecule has 4 rings (SSSR count). The monoisotopic (exact) mass is 421 g/mol. The van der Waals surface area contributed by atoms with E-state index in [1.807, 2.05) is 6.92 Å². The van der Waals surface area contributed by atoms with E-state index in [0.717, 1.165) is 38.5 Å². The molecule has 1 aromatic heterocycles. The Morgan fingerprint density at radius 1 is 1.28 bits per heavy atom. The number of hydrogen-bond donors (Lipinski definition) is 4. The smallest absolute Gasteiger partial charge is 0.407 e. The molecule has 29 heavy (non-hydrogen) atoms. The second-order valence-corrected chi connectivity index (χ2v) is 9.12. The molecule has 158 valence electrons. The molecule has 2 saturated carbocycles. The van der Waals surface area contributed by atoms with Gasteiger partial charge in [-0.15, -0.1) is 0 Å². The van der Waals surface area contributed by atoms with Gasteiger partial charge in [-0.25, -0.2) is 10.2 Å². The number of pyridine rings is 1. The molecule has 0 spiro atoms. The number of ether oxygens (including phenoxy) is 1. The number of nitrogens with one attached hydrogen (secondary N) is 4. The van der Waals surface area contributed by atoms with Gasteiger partial charge in [0.2, 0.25) is 5.91 Å². The Labute approximate surface area is 175 Å². The average Bonchev–Trinajstić information content (AvgIpc) is 3.06. The highest BCUT2D eigenvalue weighted by Gasteiger charge is 2.41. The summed E-state index contributed by atoms with van der Waals surface area (Å²) in [6, 6.07) is 3.72.